The minimum atomic E-state index is -0.363. The molecular formula is C18H24N4O2. The van der Waals surface area contributed by atoms with E-state index in [1.54, 1.807) is 18.2 Å². The maximum atomic E-state index is 11.6. The molecule has 0 saturated carbocycles. The van der Waals surface area contributed by atoms with Gasteiger partial charge in [0.15, 0.2) is 0 Å². The SMILES string of the molecule is CCCCN(C)c1cc(Nc2cccc(C(=O)OC)c2)nc(C)n1. The third kappa shape index (κ3) is 4.68. The molecule has 6 heteroatoms. The summed E-state index contributed by atoms with van der Waals surface area (Å²) >= 11 is 0. The van der Waals surface area contributed by atoms with Crippen LogP contribution in [0.2, 0.25) is 0 Å². The van der Waals surface area contributed by atoms with Crippen LogP contribution in [0.5, 0.6) is 0 Å². The number of esters is 1. The number of carbonyl (C=O) groups is 1. The maximum absolute atomic E-state index is 11.6. The molecule has 0 aliphatic carbocycles. The number of rotatable bonds is 7. The van der Waals surface area contributed by atoms with Gasteiger partial charge in [0.25, 0.3) is 0 Å². The van der Waals surface area contributed by atoms with Gasteiger partial charge in [-0.05, 0) is 31.5 Å². The van der Waals surface area contributed by atoms with Gasteiger partial charge in [-0.1, -0.05) is 19.4 Å². The number of aryl methyl sites for hydroxylation is 1. The van der Waals surface area contributed by atoms with E-state index in [4.69, 9.17) is 4.74 Å². The second kappa shape index (κ2) is 8.29. The number of ether oxygens (including phenoxy) is 1. The van der Waals surface area contributed by atoms with Crippen LogP contribution in [0, 0.1) is 6.92 Å². The van der Waals surface area contributed by atoms with Crippen LogP contribution in [0.25, 0.3) is 0 Å². The Morgan fingerprint density at radius 1 is 1.29 bits per heavy atom. The highest BCUT2D eigenvalue weighted by atomic mass is 16.5. The molecule has 0 fully saturated rings. The molecule has 0 spiro atoms. The standard InChI is InChI=1S/C18H24N4O2/c1-5-6-10-22(3)17-12-16(19-13(2)20-17)21-15-9-7-8-14(11-15)18(23)24-4/h7-9,11-12H,5-6,10H2,1-4H3,(H,19,20,21). The third-order valence-corrected chi connectivity index (χ3v) is 3.62. The predicted octanol–water partition coefficient (Wildman–Crippen LogP) is 3.55. The molecule has 0 saturated heterocycles. The number of unbranched alkanes of at least 4 members (excludes halogenated alkanes) is 1. The van der Waals surface area contributed by atoms with Crippen molar-refractivity contribution in [3.8, 4) is 0 Å². The number of methoxy groups -OCH3 is 1. The van der Waals surface area contributed by atoms with Crippen molar-refractivity contribution in [3.05, 3.63) is 41.7 Å². The number of nitrogens with one attached hydrogen (secondary N) is 1. The fourth-order valence-corrected chi connectivity index (χ4v) is 2.31. The van der Waals surface area contributed by atoms with Crippen LogP contribution in [-0.4, -0.2) is 36.6 Å². The molecule has 128 valence electrons. The Balaban J connectivity index is 2.20. The first-order valence-corrected chi connectivity index (χ1v) is 8.05. The summed E-state index contributed by atoms with van der Waals surface area (Å²) in [6, 6.07) is 9.05. The molecule has 0 aliphatic rings. The molecule has 6 nitrogen and oxygen atoms in total. The Hall–Kier alpha value is -2.63. The lowest BCUT2D eigenvalue weighted by Crippen LogP contribution is -2.20. The minimum Gasteiger partial charge on any atom is -0.465 e. The van der Waals surface area contributed by atoms with Crippen LogP contribution >= 0.6 is 0 Å². The minimum absolute atomic E-state index is 0.363. The summed E-state index contributed by atoms with van der Waals surface area (Å²) in [6.07, 6.45) is 2.25. The summed E-state index contributed by atoms with van der Waals surface area (Å²) < 4.78 is 4.75. The number of anilines is 3. The zero-order valence-electron chi connectivity index (χ0n) is 14.7. The second-order valence-electron chi connectivity index (χ2n) is 5.63. The number of hydrogen-bond acceptors (Lipinski definition) is 6. The van der Waals surface area contributed by atoms with Gasteiger partial charge in [0.05, 0.1) is 12.7 Å². The van der Waals surface area contributed by atoms with Crippen molar-refractivity contribution < 1.29 is 9.53 Å². The molecule has 1 heterocycles. The molecule has 0 amide bonds. The Morgan fingerprint density at radius 2 is 2.08 bits per heavy atom. The first kappa shape index (κ1) is 17.7. The summed E-state index contributed by atoms with van der Waals surface area (Å²) in [5.41, 5.74) is 1.27. The van der Waals surface area contributed by atoms with Gasteiger partial charge in [-0.2, -0.15) is 0 Å². The van der Waals surface area contributed by atoms with Gasteiger partial charge < -0.3 is 15.0 Å². The summed E-state index contributed by atoms with van der Waals surface area (Å²) in [4.78, 5) is 22.7. The number of hydrogen-bond donors (Lipinski definition) is 1. The van der Waals surface area contributed by atoms with Gasteiger partial charge in [0, 0.05) is 25.3 Å². The van der Waals surface area contributed by atoms with E-state index in [0.717, 1.165) is 30.9 Å². The van der Waals surface area contributed by atoms with Gasteiger partial charge in [0.1, 0.15) is 17.5 Å². The highest BCUT2D eigenvalue weighted by molar-refractivity contribution is 5.90. The van der Waals surface area contributed by atoms with E-state index < -0.39 is 0 Å². The first-order chi connectivity index (χ1) is 11.5. The van der Waals surface area contributed by atoms with Crippen LogP contribution in [0.4, 0.5) is 17.3 Å². The van der Waals surface area contributed by atoms with Gasteiger partial charge in [-0.25, -0.2) is 14.8 Å². The highest BCUT2D eigenvalue weighted by Gasteiger charge is 2.09. The van der Waals surface area contributed by atoms with Crippen molar-refractivity contribution in [1.82, 2.24) is 9.97 Å². The smallest absolute Gasteiger partial charge is 0.337 e. The molecule has 0 unspecified atom stereocenters. The fourth-order valence-electron chi connectivity index (χ4n) is 2.31. The summed E-state index contributed by atoms with van der Waals surface area (Å²) in [5.74, 6) is 1.91. The predicted molar refractivity (Wildman–Crippen MR) is 96.0 cm³/mol. The summed E-state index contributed by atoms with van der Waals surface area (Å²) in [5, 5.41) is 3.23. The van der Waals surface area contributed by atoms with Crippen molar-refractivity contribution in [2.24, 2.45) is 0 Å². The van der Waals surface area contributed by atoms with E-state index in [-0.39, 0.29) is 5.97 Å². The molecule has 1 aromatic carbocycles. The Kier molecular flexibility index (Phi) is 6.12. The number of carbonyl (C=O) groups excluding carboxylic acids is 1. The van der Waals surface area contributed by atoms with Crippen molar-refractivity contribution in [2.45, 2.75) is 26.7 Å². The average Bonchev–Trinajstić information content (AvgIpc) is 2.58. The van der Waals surface area contributed by atoms with E-state index >= 15 is 0 Å². The van der Waals surface area contributed by atoms with E-state index in [1.165, 1.54) is 7.11 Å². The monoisotopic (exact) mass is 328 g/mol. The van der Waals surface area contributed by atoms with E-state index in [9.17, 15) is 4.79 Å². The van der Waals surface area contributed by atoms with Crippen LogP contribution in [0.3, 0.4) is 0 Å². The number of aromatic nitrogens is 2. The van der Waals surface area contributed by atoms with Crippen molar-refractivity contribution in [1.29, 1.82) is 0 Å². The molecule has 0 bridgehead atoms. The van der Waals surface area contributed by atoms with Gasteiger partial charge in [0.2, 0.25) is 0 Å². The first-order valence-electron chi connectivity index (χ1n) is 8.05. The van der Waals surface area contributed by atoms with E-state index in [0.29, 0.717) is 17.2 Å². The average molecular weight is 328 g/mol. The Bertz CT molecular complexity index is 703. The lowest BCUT2D eigenvalue weighted by molar-refractivity contribution is 0.0601. The summed E-state index contributed by atoms with van der Waals surface area (Å²) in [7, 11) is 3.40. The molecule has 2 aromatic rings. The van der Waals surface area contributed by atoms with E-state index in [1.807, 2.05) is 26.1 Å². The largest absolute Gasteiger partial charge is 0.465 e. The van der Waals surface area contributed by atoms with Gasteiger partial charge >= 0.3 is 5.97 Å². The van der Waals surface area contributed by atoms with Crippen molar-refractivity contribution in [3.63, 3.8) is 0 Å². The van der Waals surface area contributed by atoms with Crippen molar-refractivity contribution >= 4 is 23.3 Å². The Morgan fingerprint density at radius 3 is 2.79 bits per heavy atom. The lowest BCUT2D eigenvalue weighted by Gasteiger charge is -2.19. The number of nitrogens with zero attached hydrogens (tertiary/aromatic N) is 3. The van der Waals surface area contributed by atoms with E-state index in [2.05, 4.69) is 27.1 Å². The zero-order chi connectivity index (χ0) is 17.5. The second-order valence-corrected chi connectivity index (χ2v) is 5.63. The van der Waals surface area contributed by atoms with Crippen LogP contribution in [-0.2, 0) is 4.74 Å². The lowest BCUT2D eigenvalue weighted by atomic mass is 10.2. The van der Waals surface area contributed by atoms with Gasteiger partial charge in [-0.15, -0.1) is 0 Å². The Labute approximate surface area is 142 Å². The quantitative estimate of drug-likeness (QED) is 0.784. The zero-order valence-corrected chi connectivity index (χ0v) is 14.7. The number of benzene rings is 1. The molecule has 1 N–H and O–H groups in total. The van der Waals surface area contributed by atoms with Gasteiger partial charge in [-0.3, -0.25) is 0 Å². The van der Waals surface area contributed by atoms with Crippen LogP contribution in [0.1, 0.15) is 35.9 Å². The fraction of sp³-hybridized carbons (Fsp3) is 0.389. The molecule has 2 rings (SSSR count). The highest BCUT2D eigenvalue weighted by Crippen LogP contribution is 2.20. The molecule has 0 aliphatic heterocycles. The van der Waals surface area contributed by atoms with Crippen LogP contribution in [0.15, 0.2) is 30.3 Å². The van der Waals surface area contributed by atoms with Crippen LogP contribution < -0.4 is 10.2 Å². The van der Waals surface area contributed by atoms with Crippen molar-refractivity contribution in [2.75, 3.05) is 30.9 Å². The topological polar surface area (TPSA) is 67.4 Å². The normalized spacial score (nSPS) is 10.3. The molecule has 24 heavy (non-hydrogen) atoms. The molecule has 1 aromatic heterocycles. The summed E-state index contributed by atoms with van der Waals surface area (Å²) in [6.45, 7) is 4.98. The molecule has 0 radical (unpaired) electrons. The molecular weight excluding hydrogens is 304 g/mol. The maximum Gasteiger partial charge on any atom is 0.337 e. The molecule has 0 atom stereocenters. The third-order valence-electron chi connectivity index (χ3n) is 3.62.